The first-order chi connectivity index (χ1) is 8.63. The van der Waals surface area contributed by atoms with Gasteiger partial charge in [0, 0.05) is 31.5 Å². The standard InChI is InChI=1S/C14H21N3O/c1-10-8-13(15-3)12(9-16-10)14(18)17-7-5-4-6-11(17)2/h8-9,11H,4-7H2,1-3H3,(H,15,16). The van der Waals surface area contributed by atoms with Gasteiger partial charge in [0.25, 0.3) is 5.91 Å². The summed E-state index contributed by atoms with van der Waals surface area (Å²) in [4.78, 5) is 18.8. The number of nitrogens with zero attached hydrogens (tertiary/aromatic N) is 2. The van der Waals surface area contributed by atoms with Gasteiger partial charge in [-0.15, -0.1) is 0 Å². The number of hydrogen-bond donors (Lipinski definition) is 1. The van der Waals surface area contributed by atoms with E-state index in [-0.39, 0.29) is 5.91 Å². The second kappa shape index (κ2) is 5.38. The maximum atomic E-state index is 12.5. The second-order valence-electron chi connectivity index (χ2n) is 4.96. The molecule has 1 aliphatic heterocycles. The van der Waals surface area contributed by atoms with E-state index in [1.165, 1.54) is 6.42 Å². The molecule has 1 N–H and O–H groups in total. The van der Waals surface area contributed by atoms with Crippen molar-refractivity contribution in [3.05, 3.63) is 23.5 Å². The number of hydrogen-bond acceptors (Lipinski definition) is 3. The molecule has 2 heterocycles. The number of anilines is 1. The topological polar surface area (TPSA) is 45.2 Å². The lowest BCUT2D eigenvalue weighted by atomic mass is 10.0. The molecule has 0 spiro atoms. The number of rotatable bonds is 2. The maximum absolute atomic E-state index is 12.5. The Kier molecular flexibility index (Phi) is 3.84. The number of aromatic nitrogens is 1. The molecule has 1 saturated heterocycles. The molecular weight excluding hydrogens is 226 g/mol. The zero-order valence-electron chi connectivity index (χ0n) is 11.4. The van der Waals surface area contributed by atoms with E-state index in [2.05, 4.69) is 17.2 Å². The van der Waals surface area contributed by atoms with E-state index in [0.29, 0.717) is 11.6 Å². The molecule has 0 aliphatic carbocycles. The highest BCUT2D eigenvalue weighted by Crippen LogP contribution is 2.22. The molecule has 0 bridgehead atoms. The molecule has 2 rings (SSSR count). The number of pyridine rings is 1. The van der Waals surface area contributed by atoms with E-state index >= 15 is 0 Å². The van der Waals surface area contributed by atoms with E-state index in [9.17, 15) is 4.79 Å². The van der Waals surface area contributed by atoms with Crippen LogP contribution in [0.15, 0.2) is 12.3 Å². The molecule has 1 aromatic rings. The van der Waals surface area contributed by atoms with Gasteiger partial charge in [0.05, 0.1) is 11.3 Å². The molecule has 1 aliphatic rings. The molecule has 4 nitrogen and oxygen atoms in total. The number of likely N-dealkylation sites (tertiary alicyclic amines) is 1. The van der Waals surface area contributed by atoms with Crippen molar-refractivity contribution in [1.82, 2.24) is 9.88 Å². The molecular formula is C14H21N3O. The predicted octanol–water partition coefficient (Wildman–Crippen LogP) is 2.45. The average molecular weight is 247 g/mol. The molecule has 1 amide bonds. The van der Waals surface area contributed by atoms with Gasteiger partial charge in [-0.05, 0) is 39.2 Å². The minimum atomic E-state index is 0.0963. The fourth-order valence-corrected chi connectivity index (χ4v) is 2.49. The Bertz CT molecular complexity index is 445. The Morgan fingerprint density at radius 1 is 1.50 bits per heavy atom. The molecule has 98 valence electrons. The van der Waals surface area contributed by atoms with Crippen molar-refractivity contribution in [1.29, 1.82) is 0 Å². The molecule has 18 heavy (non-hydrogen) atoms. The molecule has 4 heteroatoms. The Morgan fingerprint density at radius 2 is 2.28 bits per heavy atom. The Morgan fingerprint density at radius 3 is 2.94 bits per heavy atom. The summed E-state index contributed by atoms with van der Waals surface area (Å²) in [7, 11) is 1.84. The fraction of sp³-hybridized carbons (Fsp3) is 0.571. The predicted molar refractivity (Wildman–Crippen MR) is 72.9 cm³/mol. The van der Waals surface area contributed by atoms with Crippen molar-refractivity contribution in [3.8, 4) is 0 Å². The third-order valence-electron chi connectivity index (χ3n) is 3.60. The van der Waals surface area contributed by atoms with E-state index in [0.717, 1.165) is 30.8 Å². The summed E-state index contributed by atoms with van der Waals surface area (Å²) in [6.45, 7) is 4.91. The van der Waals surface area contributed by atoms with Gasteiger partial charge >= 0.3 is 0 Å². The number of piperidine rings is 1. The van der Waals surface area contributed by atoms with Crippen LogP contribution in [0.4, 0.5) is 5.69 Å². The van der Waals surface area contributed by atoms with Crippen molar-refractivity contribution < 1.29 is 4.79 Å². The molecule has 1 aromatic heterocycles. The van der Waals surface area contributed by atoms with Crippen molar-refractivity contribution in [2.75, 3.05) is 18.9 Å². The molecule has 0 radical (unpaired) electrons. The van der Waals surface area contributed by atoms with Crippen LogP contribution in [0.1, 0.15) is 42.2 Å². The SMILES string of the molecule is CNc1cc(C)ncc1C(=O)N1CCCCC1C. The van der Waals surface area contributed by atoms with Crippen LogP contribution in [-0.2, 0) is 0 Å². The smallest absolute Gasteiger partial charge is 0.257 e. The van der Waals surface area contributed by atoms with E-state index in [1.807, 2.05) is 24.9 Å². The first kappa shape index (κ1) is 12.9. The van der Waals surface area contributed by atoms with Crippen molar-refractivity contribution >= 4 is 11.6 Å². The fourth-order valence-electron chi connectivity index (χ4n) is 2.49. The van der Waals surface area contributed by atoms with Gasteiger partial charge in [-0.3, -0.25) is 9.78 Å². The lowest BCUT2D eigenvalue weighted by molar-refractivity contribution is 0.0636. The van der Waals surface area contributed by atoms with E-state index in [1.54, 1.807) is 6.20 Å². The van der Waals surface area contributed by atoms with Gasteiger partial charge in [-0.25, -0.2) is 0 Å². The van der Waals surface area contributed by atoms with Crippen LogP contribution < -0.4 is 5.32 Å². The summed E-state index contributed by atoms with van der Waals surface area (Å²) in [6, 6.07) is 2.25. The summed E-state index contributed by atoms with van der Waals surface area (Å²) < 4.78 is 0. The number of aryl methyl sites for hydroxylation is 1. The van der Waals surface area contributed by atoms with Crippen LogP contribution >= 0.6 is 0 Å². The lowest BCUT2D eigenvalue weighted by Crippen LogP contribution is -2.42. The van der Waals surface area contributed by atoms with Crippen LogP contribution in [0, 0.1) is 6.92 Å². The zero-order chi connectivity index (χ0) is 13.1. The number of nitrogens with one attached hydrogen (secondary N) is 1. The zero-order valence-corrected chi connectivity index (χ0v) is 11.4. The molecule has 1 unspecified atom stereocenters. The summed E-state index contributed by atoms with van der Waals surface area (Å²) in [5, 5.41) is 3.08. The van der Waals surface area contributed by atoms with Gasteiger partial charge in [0.2, 0.25) is 0 Å². The van der Waals surface area contributed by atoms with Crippen molar-refractivity contribution in [2.24, 2.45) is 0 Å². The Hall–Kier alpha value is -1.58. The molecule has 0 aromatic carbocycles. The highest BCUT2D eigenvalue weighted by molar-refractivity contribution is 5.99. The summed E-state index contributed by atoms with van der Waals surface area (Å²) >= 11 is 0. The summed E-state index contributed by atoms with van der Waals surface area (Å²) in [6.07, 6.45) is 5.10. The average Bonchev–Trinajstić information content (AvgIpc) is 2.38. The van der Waals surface area contributed by atoms with Gasteiger partial charge in [0.15, 0.2) is 0 Å². The molecule has 1 fully saturated rings. The first-order valence-electron chi connectivity index (χ1n) is 6.59. The molecule has 0 saturated carbocycles. The highest BCUT2D eigenvalue weighted by Gasteiger charge is 2.25. The third kappa shape index (κ3) is 2.47. The largest absolute Gasteiger partial charge is 0.387 e. The van der Waals surface area contributed by atoms with Crippen LogP contribution in [0.25, 0.3) is 0 Å². The van der Waals surface area contributed by atoms with E-state index in [4.69, 9.17) is 0 Å². The van der Waals surface area contributed by atoms with Crippen molar-refractivity contribution in [3.63, 3.8) is 0 Å². The van der Waals surface area contributed by atoms with Gasteiger partial charge < -0.3 is 10.2 Å². The quantitative estimate of drug-likeness (QED) is 0.873. The third-order valence-corrected chi connectivity index (χ3v) is 3.60. The summed E-state index contributed by atoms with van der Waals surface area (Å²) in [5.74, 6) is 0.0963. The van der Waals surface area contributed by atoms with Crippen LogP contribution in [0.2, 0.25) is 0 Å². The summed E-state index contributed by atoms with van der Waals surface area (Å²) in [5.41, 5.74) is 2.46. The highest BCUT2D eigenvalue weighted by atomic mass is 16.2. The Labute approximate surface area is 108 Å². The monoisotopic (exact) mass is 247 g/mol. The van der Waals surface area contributed by atoms with Crippen molar-refractivity contribution in [2.45, 2.75) is 39.2 Å². The Balaban J connectivity index is 2.27. The minimum Gasteiger partial charge on any atom is -0.387 e. The van der Waals surface area contributed by atoms with Crippen LogP contribution in [0.5, 0.6) is 0 Å². The first-order valence-corrected chi connectivity index (χ1v) is 6.59. The van der Waals surface area contributed by atoms with E-state index < -0.39 is 0 Å². The number of carbonyl (C=O) groups excluding carboxylic acids is 1. The minimum absolute atomic E-state index is 0.0963. The normalized spacial score (nSPS) is 19.7. The maximum Gasteiger partial charge on any atom is 0.257 e. The molecule has 1 atom stereocenters. The number of amides is 1. The lowest BCUT2D eigenvalue weighted by Gasteiger charge is -2.33. The second-order valence-corrected chi connectivity index (χ2v) is 4.96. The number of carbonyl (C=O) groups is 1. The van der Waals surface area contributed by atoms with Crippen LogP contribution in [0.3, 0.4) is 0 Å². The van der Waals surface area contributed by atoms with Crippen LogP contribution in [-0.4, -0.2) is 35.4 Å². The van der Waals surface area contributed by atoms with Gasteiger partial charge in [0.1, 0.15) is 0 Å². The van der Waals surface area contributed by atoms with Gasteiger partial charge in [-0.2, -0.15) is 0 Å². The van der Waals surface area contributed by atoms with Gasteiger partial charge in [-0.1, -0.05) is 0 Å².